The van der Waals surface area contributed by atoms with Crippen molar-refractivity contribution >= 4 is 17.6 Å². The Kier molecular flexibility index (Phi) is 6.71. The van der Waals surface area contributed by atoms with Crippen molar-refractivity contribution in [1.82, 2.24) is 4.98 Å². The number of hydrogen-bond acceptors (Lipinski definition) is 7. The summed E-state index contributed by atoms with van der Waals surface area (Å²) in [4.78, 5) is 6.75. The summed E-state index contributed by atoms with van der Waals surface area (Å²) >= 11 is 0. The number of morpholine rings is 1. The number of nitrogens with zero attached hydrogens (tertiary/aromatic N) is 3. The molecule has 0 unspecified atom stereocenters. The summed E-state index contributed by atoms with van der Waals surface area (Å²) in [5.74, 6) is 0.462. The minimum absolute atomic E-state index is 0.157. The van der Waals surface area contributed by atoms with E-state index in [1.807, 2.05) is 18.2 Å². The molecule has 2 N–H and O–H groups in total. The number of nitrogens with one attached hydrogen (secondary N) is 1. The van der Waals surface area contributed by atoms with E-state index < -0.39 is 5.60 Å². The van der Waals surface area contributed by atoms with Gasteiger partial charge in [0.25, 0.3) is 0 Å². The molecule has 1 aliphatic rings. The molecule has 156 valence electrons. The Balaban J connectivity index is 1.78. The van der Waals surface area contributed by atoms with Gasteiger partial charge in [0.2, 0.25) is 5.88 Å². The second kappa shape index (κ2) is 9.24. The van der Waals surface area contributed by atoms with E-state index in [1.165, 1.54) is 11.1 Å². The van der Waals surface area contributed by atoms with Crippen LogP contribution in [0.3, 0.4) is 0 Å². The number of ether oxygens (including phenoxy) is 2. The molecule has 7 nitrogen and oxygen atoms in total. The molecule has 0 spiro atoms. The van der Waals surface area contributed by atoms with Crippen LogP contribution in [0.5, 0.6) is 5.88 Å². The first-order valence-electron chi connectivity index (χ1n) is 9.86. The van der Waals surface area contributed by atoms with E-state index in [1.54, 1.807) is 20.1 Å². The van der Waals surface area contributed by atoms with Gasteiger partial charge in [-0.25, -0.2) is 4.98 Å². The molecule has 2 heterocycles. The molecule has 1 fully saturated rings. The molecule has 7 heteroatoms. The Morgan fingerprint density at radius 2 is 1.97 bits per heavy atom. The van der Waals surface area contributed by atoms with E-state index in [-0.39, 0.29) is 6.61 Å². The molecule has 0 amide bonds. The van der Waals surface area contributed by atoms with Crippen LogP contribution in [0, 0.1) is 13.8 Å². The average molecular weight is 399 g/mol. The first kappa shape index (κ1) is 21.1. The van der Waals surface area contributed by atoms with Crippen LogP contribution >= 0.6 is 0 Å². The summed E-state index contributed by atoms with van der Waals surface area (Å²) in [7, 11) is 0. The maximum absolute atomic E-state index is 9.96. The van der Waals surface area contributed by atoms with Gasteiger partial charge in [0.05, 0.1) is 36.4 Å². The molecule has 2 aromatic rings. The third-order valence-corrected chi connectivity index (χ3v) is 4.65. The minimum atomic E-state index is -0.935. The van der Waals surface area contributed by atoms with Crippen molar-refractivity contribution in [2.24, 2.45) is 5.10 Å². The van der Waals surface area contributed by atoms with Crippen LogP contribution in [0.1, 0.15) is 30.7 Å². The predicted octanol–water partition coefficient (Wildman–Crippen LogP) is 3.13. The van der Waals surface area contributed by atoms with E-state index in [0.717, 1.165) is 24.5 Å². The molecule has 0 saturated carbocycles. The van der Waals surface area contributed by atoms with Crippen molar-refractivity contribution in [3.8, 4) is 5.88 Å². The summed E-state index contributed by atoms with van der Waals surface area (Å²) in [6.45, 7) is 10.7. The normalized spacial score (nSPS) is 15.0. The van der Waals surface area contributed by atoms with Gasteiger partial charge in [0.1, 0.15) is 6.61 Å². The average Bonchev–Trinajstić information content (AvgIpc) is 2.69. The highest BCUT2D eigenvalue weighted by Crippen LogP contribution is 2.23. The number of anilines is 2. The van der Waals surface area contributed by atoms with Gasteiger partial charge in [-0.3, -0.25) is 5.43 Å². The Labute approximate surface area is 172 Å². The molecule has 0 aliphatic carbocycles. The number of aryl methyl sites for hydroxylation is 2. The van der Waals surface area contributed by atoms with Crippen molar-refractivity contribution in [3.05, 3.63) is 47.2 Å². The van der Waals surface area contributed by atoms with Crippen molar-refractivity contribution in [2.75, 3.05) is 43.2 Å². The summed E-state index contributed by atoms with van der Waals surface area (Å²) in [5, 5.41) is 14.3. The minimum Gasteiger partial charge on any atom is -0.475 e. The van der Waals surface area contributed by atoms with E-state index >= 15 is 0 Å². The number of hydrogen-bond donors (Lipinski definition) is 2. The quantitative estimate of drug-likeness (QED) is 0.551. The largest absolute Gasteiger partial charge is 0.475 e. The predicted molar refractivity (Wildman–Crippen MR) is 116 cm³/mol. The van der Waals surface area contributed by atoms with Crippen LogP contribution in [0.15, 0.2) is 35.4 Å². The topological polar surface area (TPSA) is 79.2 Å². The molecule has 0 atom stereocenters. The maximum Gasteiger partial charge on any atom is 0.216 e. The number of aromatic nitrogens is 1. The summed E-state index contributed by atoms with van der Waals surface area (Å²) < 4.78 is 11.2. The third kappa shape index (κ3) is 6.44. The number of hydrazone groups is 1. The molecular formula is C22H30N4O3. The van der Waals surface area contributed by atoms with E-state index in [0.29, 0.717) is 24.8 Å². The lowest BCUT2D eigenvalue weighted by atomic mass is 10.1. The fourth-order valence-electron chi connectivity index (χ4n) is 2.89. The fraction of sp³-hybridized carbons (Fsp3) is 0.455. The molecule has 1 aliphatic heterocycles. The fourth-order valence-corrected chi connectivity index (χ4v) is 2.89. The van der Waals surface area contributed by atoms with Crippen LogP contribution in [0.2, 0.25) is 0 Å². The van der Waals surface area contributed by atoms with Crippen LogP contribution < -0.4 is 15.1 Å². The van der Waals surface area contributed by atoms with Gasteiger partial charge in [0.15, 0.2) is 0 Å². The molecular weight excluding hydrogens is 368 g/mol. The molecule has 1 aromatic heterocycles. The van der Waals surface area contributed by atoms with Gasteiger partial charge in [0, 0.05) is 24.8 Å². The van der Waals surface area contributed by atoms with Gasteiger partial charge < -0.3 is 19.5 Å². The molecule has 1 aromatic carbocycles. The Morgan fingerprint density at radius 1 is 1.21 bits per heavy atom. The zero-order valence-corrected chi connectivity index (χ0v) is 17.6. The highest BCUT2D eigenvalue weighted by atomic mass is 16.5. The Hall–Kier alpha value is -2.64. The molecule has 0 radical (unpaired) electrons. The highest BCUT2D eigenvalue weighted by molar-refractivity contribution is 5.80. The van der Waals surface area contributed by atoms with E-state index in [4.69, 9.17) is 9.47 Å². The zero-order valence-electron chi connectivity index (χ0n) is 17.6. The Morgan fingerprint density at radius 3 is 2.66 bits per heavy atom. The monoisotopic (exact) mass is 398 g/mol. The van der Waals surface area contributed by atoms with Crippen LogP contribution in [-0.4, -0.2) is 54.8 Å². The van der Waals surface area contributed by atoms with Gasteiger partial charge in [-0.05, 0) is 57.0 Å². The third-order valence-electron chi connectivity index (χ3n) is 4.65. The van der Waals surface area contributed by atoms with Crippen molar-refractivity contribution in [1.29, 1.82) is 0 Å². The second-order valence-electron chi connectivity index (χ2n) is 7.96. The van der Waals surface area contributed by atoms with Gasteiger partial charge in [-0.1, -0.05) is 6.07 Å². The van der Waals surface area contributed by atoms with Crippen LogP contribution in [-0.2, 0) is 4.74 Å². The van der Waals surface area contributed by atoms with Gasteiger partial charge in [-0.15, -0.1) is 0 Å². The molecule has 1 saturated heterocycles. The van der Waals surface area contributed by atoms with Crippen molar-refractivity contribution in [2.45, 2.75) is 33.3 Å². The summed E-state index contributed by atoms with van der Waals surface area (Å²) in [5.41, 5.74) is 7.17. The standard InChI is InChI=1S/C22H30N4O3/c1-16-5-6-18(11-17(16)2)25-23-14-19-12-20(26-7-9-28-10-8-26)13-21(24-19)29-15-22(3,4)27/h5-6,11-14,25,27H,7-10,15H2,1-4H3. The van der Waals surface area contributed by atoms with Gasteiger partial charge in [-0.2, -0.15) is 5.10 Å². The van der Waals surface area contributed by atoms with E-state index in [9.17, 15) is 5.11 Å². The summed E-state index contributed by atoms with van der Waals surface area (Å²) in [6.07, 6.45) is 1.68. The number of pyridine rings is 1. The number of benzene rings is 1. The lowest BCUT2D eigenvalue weighted by Gasteiger charge is -2.29. The molecule has 0 bridgehead atoms. The first-order valence-corrected chi connectivity index (χ1v) is 9.86. The SMILES string of the molecule is Cc1ccc(NN=Cc2cc(N3CCOCC3)cc(OCC(C)(C)O)n2)cc1C. The number of rotatable bonds is 7. The lowest BCUT2D eigenvalue weighted by molar-refractivity contribution is 0.0268. The zero-order chi connectivity index (χ0) is 20.9. The smallest absolute Gasteiger partial charge is 0.216 e. The van der Waals surface area contributed by atoms with Crippen molar-refractivity contribution < 1.29 is 14.6 Å². The van der Waals surface area contributed by atoms with Crippen LogP contribution in [0.25, 0.3) is 0 Å². The molecule has 29 heavy (non-hydrogen) atoms. The lowest BCUT2D eigenvalue weighted by Crippen LogP contribution is -2.36. The van der Waals surface area contributed by atoms with Crippen LogP contribution in [0.4, 0.5) is 11.4 Å². The summed E-state index contributed by atoms with van der Waals surface area (Å²) in [6, 6.07) is 9.99. The van der Waals surface area contributed by atoms with Crippen molar-refractivity contribution in [3.63, 3.8) is 0 Å². The van der Waals surface area contributed by atoms with E-state index in [2.05, 4.69) is 46.4 Å². The Bertz CT molecular complexity index is 856. The number of aliphatic hydroxyl groups is 1. The second-order valence-corrected chi connectivity index (χ2v) is 7.96. The maximum atomic E-state index is 9.96. The molecule has 3 rings (SSSR count). The van der Waals surface area contributed by atoms with Gasteiger partial charge >= 0.3 is 0 Å². The first-order chi connectivity index (χ1) is 13.8. The highest BCUT2D eigenvalue weighted by Gasteiger charge is 2.17.